The Morgan fingerprint density at radius 1 is 0.722 bits per heavy atom. The first kappa shape index (κ1) is 22.8. The molecule has 0 unspecified atom stereocenters. The van der Waals surface area contributed by atoms with Gasteiger partial charge in [0, 0.05) is 56.1 Å². The van der Waals surface area contributed by atoms with Gasteiger partial charge < -0.3 is 9.80 Å². The van der Waals surface area contributed by atoms with Gasteiger partial charge in [-0.25, -0.2) is 13.8 Å². The van der Waals surface area contributed by atoms with Gasteiger partial charge in [-0.1, -0.05) is 60.7 Å². The fraction of sp³-hybridized carbons (Fsp3) is 0.321. The zero-order valence-corrected chi connectivity index (χ0v) is 20.0. The molecule has 4 aromatic rings. The van der Waals surface area contributed by atoms with Crippen LogP contribution in [0, 0.1) is 0 Å². The summed E-state index contributed by atoms with van der Waals surface area (Å²) in [6.07, 6.45) is 2.56. The molecular weight excluding hydrogens is 458 g/mol. The van der Waals surface area contributed by atoms with Gasteiger partial charge in [0.25, 0.3) is 5.92 Å². The molecule has 8 heteroatoms. The second-order valence-electron chi connectivity index (χ2n) is 9.68. The fourth-order valence-corrected chi connectivity index (χ4v) is 5.12. The molecular formula is C28H28F2N6. The van der Waals surface area contributed by atoms with Gasteiger partial charge in [0.1, 0.15) is 5.82 Å². The standard InChI is InChI=1S/C28H28F2N6/c29-28(30)19-34(20-28)18-22-10-11-26(31-17-22)35-12-14-36(15-13-35)27-24-9-5-4-8-23(24)25(32-33-27)16-21-6-2-1-3-7-21/h1-11,17H,12-16,18-20H2. The number of pyridine rings is 1. The van der Waals surface area contributed by atoms with Crippen LogP contribution in [0.5, 0.6) is 0 Å². The van der Waals surface area contributed by atoms with Crippen LogP contribution in [0.15, 0.2) is 72.9 Å². The number of aromatic nitrogens is 3. The summed E-state index contributed by atoms with van der Waals surface area (Å²) in [6, 6.07) is 22.7. The molecule has 4 heterocycles. The van der Waals surface area contributed by atoms with Crippen LogP contribution >= 0.6 is 0 Å². The van der Waals surface area contributed by atoms with Crippen molar-refractivity contribution in [3.05, 3.63) is 89.7 Å². The summed E-state index contributed by atoms with van der Waals surface area (Å²) in [5, 5.41) is 11.6. The van der Waals surface area contributed by atoms with Crippen molar-refractivity contribution in [2.24, 2.45) is 0 Å². The lowest BCUT2D eigenvalue weighted by Crippen LogP contribution is -2.55. The van der Waals surface area contributed by atoms with E-state index in [-0.39, 0.29) is 13.1 Å². The van der Waals surface area contributed by atoms with Crippen molar-refractivity contribution in [3.8, 4) is 0 Å². The number of piperazine rings is 1. The van der Waals surface area contributed by atoms with Crippen LogP contribution in [-0.4, -0.2) is 65.3 Å². The van der Waals surface area contributed by atoms with E-state index in [4.69, 9.17) is 0 Å². The maximum atomic E-state index is 13.1. The summed E-state index contributed by atoms with van der Waals surface area (Å²) in [6.45, 7) is 3.48. The summed E-state index contributed by atoms with van der Waals surface area (Å²) in [7, 11) is 0. The van der Waals surface area contributed by atoms with E-state index in [0.717, 1.165) is 66.3 Å². The van der Waals surface area contributed by atoms with Crippen LogP contribution in [0.1, 0.15) is 16.8 Å². The number of fused-ring (bicyclic) bond motifs is 1. The molecule has 2 aliphatic heterocycles. The van der Waals surface area contributed by atoms with E-state index in [9.17, 15) is 8.78 Å². The van der Waals surface area contributed by atoms with Crippen molar-refractivity contribution in [3.63, 3.8) is 0 Å². The van der Waals surface area contributed by atoms with Crippen LogP contribution in [0.4, 0.5) is 20.4 Å². The number of hydrogen-bond donors (Lipinski definition) is 0. The molecule has 184 valence electrons. The number of alkyl halides is 2. The van der Waals surface area contributed by atoms with Crippen LogP contribution in [0.3, 0.4) is 0 Å². The average Bonchev–Trinajstić information content (AvgIpc) is 2.89. The predicted octanol–water partition coefficient (Wildman–Crippen LogP) is 4.39. The lowest BCUT2D eigenvalue weighted by atomic mass is 10.0. The van der Waals surface area contributed by atoms with Crippen molar-refractivity contribution in [1.82, 2.24) is 20.1 Å². The minimum Gasteiger partial charge on any atom is -0.353 e. The molecule has 0 saturated carbocycles. The minimum absolute atomic E-state index is 0.165. The van der Waals surface area contributed by atoms with Gasteiger partial charge in [0.15, 0.2) is 5.82 Å². The molecule has 2 aliphatic rings. The smallest absolute Gasteiger partial charge is 0.272 e. The average molecular weight is 487 g/mol. The summed E-state index contributed by atoms with van der Waals surface area (Å²) < 4.78 is 26.1. The van der Waals surface area contributed by atoms with E-state index in [1.165, 1.54) is 5.56 Å². The molecule has 0 spiro atoms. The second-order valence-corrected chi connectivity index (χ2v) is 9.68. The van der Waals surface area contributed by atoms with E-state index in [1.807, 2.05) is 24.4 Å². The Morgan fingerprint density at radius 2 is 1.42 bits per heavy atom. The first-order chi connectivity index (χ1) is 17.5. The SMILES string of the molecule is FC1(F)CN(Cc2ccc(N3CCN(c4nnc(Cc5ccccc5)c5ccccc45)CC3)nc2)C1. The molecule has 2 aromatic heterocycles. The Kier molecular flexibility index (Phi) is 5.97. The molecule has 2 aromatic carbocycles. The van der Waals surface area contributed by atoms with Gasteiger partial charge in [-0.3, -0.25) is 4.90 Å². The third-order valence-electron chi connectivity index (χ3n) is 6.99. The number of anilines is 2. The zero-order chi connectivity index (χ0) is 24.5. The molecule has 0 atom stereocenters. The first-order valence-electron chi connectivity index (χ1n) is 12.4. The van der Waals surface area contributed by atoms with Gasteiger partial charge in [-0.15, -0.1) is 5.10 Å². The minimum atomic E-state index is -2.54. The molecule has 2 fully saturated rings. The number of nitrogens with zero attached hydrogens (tertiary/aromatic N) is 6. The van der Waals surface area contributed by atoms with E-state index in [0.29, 0.717) is 6.54 Å². The highest BCUT2D eigenvalue weighted by atomic mass is 19.3. The van der Waals surface area contributed by atoms with Gasteiger partial charge in [-0.05, 0) is 17.2 Å². The topological polar surface area (TPSA) is 48.4 Å². The Labute approximate surface area is 209 Å². The molecule has 6 rings (SSSR count). The van der Waals surface area contributed by atoms with Crippen molar-refractivity contribution in [1.29, 1.82) is 0 Å². The molecule has 0 amide bonds. The molecule has 36 heavy (non-hydrogen) atoms. The van der Waals surface area contributed by atoms with Gasteiger partial charge in [0.2, 0.25) is 0 Å². The Hall–Kier alpha value is -3.65. The molecule has 0 aliphatic carbocycles. The third kappa shape index (κ3) is 4.73. The largest absolute Gasteiger partial charge is 0.353 e. The molecule has 0 bridgehead atoms. The number of halogens is 2. The van der Waals surface area contributed by atoms with Crippen LogP contribution in [0.25, 0.3) is 10.8 Å². The van der Waals surface area contributed by atoms with E-state index < -0.39 is 5.92 Å². The number of likely N-dealkylation sites (tertiary alicyclic amines) is 1. The number of benzene rings is 2. The predicted molar refractivity (Wildman–Crippen MR) is 138 cm³/mol. The quantitative estimate of drug-likeness (QED) is 0.403. The Bertz CT molecular complexity index is 1330. The summed E-state index contributed by atoms with van der Waals surface area (Å²) in [5.74, 6) is -0.691. The van der Waals surface area contributed by atoms with Crippen molar-refractivity contribution in [2.75, 3.05) is 49.1 Å². The second kappa shape index (κ2) is 9.43. The molecule has 2 saturated heterocycles. The van der Waals surface area contributed by atoms with Gasteiger partial charge in [0.05, 0.1) is 18.8 Å². The van der Waals surface area contributed by atoms with Crippen LogP contribution < -0.4 is 9.80 Å². The van der Waals surface area contributed by atoms with E-state index >= 15 is 0 Å². The van der Waals surface area contributed by atoms with Gasteiger partial charge >= 0.3 is 0 Å². The molecule has 0 N–H and O–H groups in total. The summed E-state index contributed by atoms with van der Waals surface area (Å²) in [4.78, 5) is 10.9. The fourth-order valence-electron chi connectivity index (χ4n) is 5.12. The van der Waals surface area contributed by atoms with Gasteiger partial charge in [-0.2, -0.15) is 5.10 Å². The highest BCUT2D eigenvalue weighted by molar-refractivity contribution is 5.93. The summed E-state index contributed by atoms with van der Waals surface area (Å²) in [5.41, 5.74) is 3.18. The number of hydrogen-bond acceptors (Lipinski definition) is 6. The van der Waals surface area contributed by atoms with Crippen molar-refractivity contribution in [2.45, 2.75) is 18.9 Å². The lowest BCUT2D eigenvalue weighted by Gasteiger charge is -2.38. The maximum Gasteiger partial charge on any atom is 0.272 e. The third-order valence-corrected chi connectivity index (χ3v) is 6.99. The molecule has 0 radical (unpaired) electrons. The van der Waals surface area contributed by atoms with Crippen molar-refractivity contribution < 1.29 is 8.78 Å². The maximum absolute atomic E-state index is 13.1. The number of rotatable bonds is 6. The Balaban J connectivity index is 1.12. The molecule has 6 nitrogen and oxygen atoms in total. The van der Waals surface area contributed by atoms with Crippen LogP contribution in [-0.2, 0) is 13.0 Å². The van der Waals surface area contributed by atoms with E-state index in [1.54, 1.807) is 4.90 Å². The normalized spacial score (nSPS) is 17.8. The van der Waals surface area contributed by atoms with Crippen molar-refractivity contribution >= 4 is 22.4 Å². The summed E-state index contributed by atoms with van der Waals surface area (Å²) >= 11 is 0. The lowest BCUT2D eigenvalue weighted by molar-refractivity contribution is -0.133. The first-order valence-corrected chi connectivity index (χ1v) is 12.4. The Morgan fingerprint density at radius 3 is 2.11 bits per heavy atom. The van der Waals surface area contributed by atoms with Crippen LogP contribution in [0.2, 0.25) is 0 Å². The van der Waals surface area contributed by atoms with E-state index in [2.05, 4.69) is 73.5 Å². The monoisotopic (exact) mass is 486 g/mol. The highest BCUT2D eigenvalue weighted by Crippen LogP contribution is 2.30. The highest BCUT2D eigenvalue weighted by Gasteiger charge is 2.43. The zero-order valence-electron chi connectivity index (χ0n) is 20.0.